The van der Waals surface area contributed by atoms with Crippen LogP contribution in [-0.4, -0.2) is 46.0 Å². The maximum absolute atomic E-state index is 6.14. The predicted octanol–water partition coefficient (Wildman–Crippen LogP) is 1.85. The Balaban J connectivity index is 1.59. The molecule has 1 aliphatic heterocycles. The summed E-state index contributed by atoms with van der Waals surface area (Å²) in [6.45, 7) is 4.84. The molecule has 0 saturated carbocycles. The summed E-state index contributed by atoms with van der Waals surface area (Å²) in [6.07, 6.45) is 6.87. The van der Waals surface area contributed by atoms with Gasteiger partial charge in [0.2, 0.25) is 0 Å². The number of anilines is 1. The van der Waals surface area contributed by atoms with E-state index >= 15 is 0 Å². The average molecular weight is 290 g/mol. The number of halogens is 1. The zero-order chi connectivity index (χ0) is 13.8. The second-order valence-electron chi connectivity index (χ2n) is 4.81. The molecule has 0 amide bonds. The maximum atomic E-state index is 6.14. The van der Waals surface area contributed by atoms with E-state index in [2.05, 4.69) is 36.9 Å². The van der Waals surface area contributed by atoms with Crippen molar-refractivity contribution in [3.8, 4) is 0 Å². The van der Waals surface area contributed by atoms with Gasteiger partial charge in [-0.25, -0.2) is 9.97 Å². The molecule has 104 valence electrons. The molecule has 20 heavy (non-hydrogen) atoms. The Morgan fingerprint density at radius 1 is 1.05 bits per heavy atom. The van der Waals surface area contributed by atoms with Gasteiger partial charge in [0, 0.05) is 45.1 Å². The van der Waals surface area contributed by atoms with Gasteiger partial charge >= 0.3 is 0 Å². The summed E-state index contributed by atoms with van der Waals surface area (Å²) in [5.74, 6) is 0.838. The van der Waals surface area contributed by atoms with Gasteiger partial charge in [-0.3, -0.25) is 9.88 Å². The zero-order valence-corrected chi connectivity index (χ0v) is 11.9. The molecule has 1 saturated heterocycles. The summed E-state index contributed by atoms with van der Waals surface area (Å²) in [7, 11) is 0. The number of pyridine rings is 1. The zero-order valence-electron chi connectivity index (χ0n) is 11.1. The molecule has 0 spiro atoms. The maximum Gasteiger partial charge on any atom is 0.150 e. The first-order valence-electron chi connectivity index (χ1n) is 6.64. The standard InChI is InChI=1S/C14H16ClN5/c15-13-9-17-11-18-14(13)20-7-5-19(6-8-20)10-12-1-3-16-4-2-12/h1-4,9,11H,5-8,10H2. The van der Waals surface area contributed by atoms with Crippen molar-refractivity contribution in [1.82, 2.24) is 19.9 Å². The second-order valence-corrected chi connectivity index (χ2v) is 5.22. The molecule has 2 aromatic rings. The lowest BCUT2D eigenvalue weighted by Crippen LogP contribution is -2.46. The summed E-state index contributed by atoms with van der Waals surface area (Å²) in [4.78, 5) is 16.9. The van der Waals surface area contributed by atoms with E-state index in [0.717, 1.165) is 38.5 Å². The first-order valence-corrected chi connectivity index (χ1v) is 7.02. The molecule has 5 nitrogen and oxygen atoms in total. The summed E-state index contributed by atoms with van der Waals surface area (Å²) in [6, 6.07) is 4.13. The van der Waals surface area contributed by atoms with Gasteiger partial charge in [0.1, 0.15) is 11.3 Å². The third kappa shape index (κ3) is 3.05. The molecule has 0 aromatic carbocycles. The van der Waals surface area contributed by atoms with Crippen LogP contribution in [0, 0.1) is 0 Å². The molecule has 1 fully saturated rings. The van der Waals surface area contributed by atoms with Crippen molar-refractivity contribution in [2.24, 2.45) is 0 Å². The van der Waals surface area contributed by atoms with Crippen molar-refractivity contribution < 1.29 is 0 Å². The summed E-state index contributed by atoms with van der Waals surface area (Å²) >= 11 is 6.14. The summed E-state index contributed by atoms with van der Waals surface area (Å²) < 4.78 is 0. The van der Waals surface area contributed by atoms with Gasteiger partial charge in [0.15, 0.2) is 5.82 Å². The predicted molar refractivity (Wildman–Crippen MR) is 78.8 cm³/mol. The quantitative estimate of drug-likeness (QED) is 0.863. The number of nitrogens with zero attached hydrogens (tertiary/aromatic N) is 5. The largest absolute Gasteiger partial charge is 0.353 e. The molecule has 2 aromatic heterocycles. The highest BCUT2D eigenvalue weighted by Crippen LogP contribution is 2.22. The normalized spacial score (nSPS) is 16.4. The van der Waals surface area contributed by atoms with Gasteiger partial charge in [-0.1, -0.05) is 11.6 Å². The minimum absolute atomic E-state index is 0.620. The Kier molecular flexibility index (Phi) is 4.08. The topological polar surface area (TPSA) is 45.2 Å². The molecular weight excluding hydrogens is 274 g/mol. The van der Waals surface area contributed by atoms with Crippen LogP contribution in [0.3, 0.4) is 0 Å². The van der Waals surface area contributed by atoms with Crippen LogP contribution in [0.1, 0.15) is 5.56 Å². The Morgan fingerprint density at radius 2 is 1.80 bits per heavy atom. The fourth-order valence-electron chi connectivity index (χ4n) is 2.40. The van der Waals surface area contributed by atoms with Gasteiger partial charge in [0.25, 0.3) is 0 Å². The van der Waals surface area contributed by atoms with E-state index in [0.29, 0.717) is 5.02 Å². The minimum Gasteiger partial charge on any atom is -0.353 e. The summed E-state index contributed by atoms with van der Waals surface area (Å²) in [5, 5.41) is 0.620. The Morgan fingerprint density at radius 3 is 2.50 bits per heavy atom. The molecule has 3 heterocycles. The monoisotopic (exact) mass is 289 g/mol. The summed E-state index contributed by atoms with van der Waals surface area (Å²) in [5.41, 5.74) is 1.30. The highest BCUT2D eigenvalue weighted by atomic mass is 35.5. The van der Waals surface area contributed by atoms with Crippen LogP contribution in [0.5, 0.6) is 0 Å². The van der Waals surface area contributed by atoms with Crippen molar-refractivity contribution >= 4 is 17.4 Å². The van der Waals surface area contributed by atoms with Crippen molar-refractivity contribution in [3.05, 3.63) is 47.6 Å². The fourth-order valence-corrected chi connectivity index (χ4v) is 2.63. The molecule has 0 unspecified atom stereocenters. The van der Waals surface area contributed by atoms with E-state index in [1.54, 1.807) is 12.5 Å². The van der Waals surface area contributed by atoms with E-state index in [1.165, 1.54) is 5.56 Å². The van der Waals surface area contributed by atoms with E-state index in [1.807, 2.05) is 12.4 Å². The molecule has 1 aliphatic rings. The van der Waals surface area contributed by atoms with Crippen LogP contribution in [0.2, 0.25) is 5.02 Å². The van der Waals surface area contributed by atoms with Crippen LogP contribution in [0.15, 0.2) is 37.1 Å². The SMILES string of the molecule is Clc1cncnc1N1CCN(Cc2ccncc2)CC1. The smallest absolute Gasteiger partial charge is 0.150 e. The van der Waals surface area contributed by atoms with Crippen LogP contribution in [0.4, 0.5) is 5.82 Å². The van der Waals surface area contributed by atoms with E-state index in [9.17, 15) is 0 Å². The van der Waals surface area contributed by atoms with Crippen molar-refractivity contribution in [2.45, 2.75) is 6.54 Å². The first-order chi connectivity index (χ1) is 9.83. The number of rotatable bonds is 3. The molecule has 6 heteroatoms. The van der Waals surface area contributed by atoms with Gasteiger partial charge in [-0.05, 0) is 17.7 Å². The van der Waals surface area contributed by atoms with Crippen molar-refractivity contribution in [1.29, 1.82) is 0 Å². The van der Waals surface area contributed by atoms with E-state index in [-0.39, 0.29) is 0 Å². The third-order valence-corrected chi connectivity index (χ3v) is 3.74. The van der Waals surface area contributed by atoms with Crippen molar-refractivity contribution in [3.63, 3.8) is 0 Å². The van der Waals surface area contributed by atoms with Crippen LogP contribution < -0.4 is 4.90 Å². The molecule has 0 N–H and O–H groups in total. The lowest BCUT2D eigenvalue weighted by Gasteiger charge is -2.35. The average Bonchev–Trinajstić information content (AvgIpc) is 2.50. The lowest BCUT2D eigenvalue weighted by molar-refractivity contribution is 0.249. The van der Waals surface area contributed by atoms with Gasteiger partial charge in [0.05, 0.1) is 6.20 Å². The second kappa shape index (κ2) is 6.15. The highest BCUT2D eigenvalue weighted by molar-refractivity contribution is 6.32. The Hall–Kier alpha value is -1.72. The number of hydrogen-bond acceptors (Lipinski definition) is 5. The molecule has 0 bridgehead atoms. The fraction of sp³-hybridized carbons (Fsp3) is 0.357. The third-order valence-electron chi connectivity index (χ3n) is 3.48. The highest BCUT2D eigenvalue weighted by Gasteiger charge is 2.19. The van der Waals surface area contributed by atoms with Crippen LogP contribution >= 0.6 is 11.6 Å². The molecule has 0 atom stereocenters. The van der Waals surface area contributed by atoms with Gasteiger partial charge in [-0.15, -0.1) is 0 Å². The molecule has 3 rings (SSSR count). The number of piperazine rings is 1. The number of aromatic nitrogens is 3. The van der Waals surface area contributed by atoms with Crippen LogP contribution in [0.25, 0.3) is 0 Å². The van der Waals surface area contributed by atoms with Crippen molar-refractivity contribution in [2.75, 3.05) is 31.1 Å². The Bertz CT molecular complexity index is 555. The minimum atomic E-state index is 0.620. The lowest BCUT2D eigenvalue weighted by atomic mass is 10.2. The molecule has 0 aliphatic carbocycles. The molecule has 0 radical (unpaired) electrons. The van der Waals surface area contributed by atoms with Gasteiger partial charge < -0.3 is 4.90 Å². The Labute approximate surface area is 123 Å². The molecular formula is C14H16ClN5. The number of hydrogen-bond donors (Lipinski definition) is 0. The first kappa shape index (κ1) is 13.3. The van der Waals surface area contributed by atoms with Gasteiger partial charge in [-0.2, -0.15) is 0 Å². The van der Waals surface area contributed by atoms with Crippen LogP contribution in [-0.2, 0) is 6.54 Å². The van der Waals surface area contributed by atoms with E-state index in [4.69, 9.17) is 11.6 Å². The van der Waals surface area contributed by atoms with E-state index < -0.39 is 0 Å².